The number of hydrazone groups is 1. The van der Waals surface area contributed by atoms with Crippen molar-refractivity contribution in [2.24, 2.45) is 10.1 Å². The molecule has 0 saturated heterocycles. The molecule has 0 aliphatic carbocycles. The van der Waals surface area contributed by atoms with E-state index in [4.69, 9.17) is 10.1 Å². The first-order valence-corrected chi connectivity index (χ1v) is 8.48. The highest BCUT2D eigenvalue weighted by molar-refractivity contribution is 8.00. The van der Waals surface area contributed by atoms with Gasteiger partial charge in [-0.1, -0.05) is 42.5 Å². The predicted molar refractivity (Wildman–Crippen MR) is 96.0 cm³/mol. The van der Waals surface area contributed by atoms with Crippen molar-refractivity contribution in [2.45, 2.75) is 5.50 Å². The van der Waals surface area contributed by atoms with Gasteiger partial charge < -0.3 is 5.11 Å². The Morgan fingerprint density at radius 1 is 1.17 bits per heavy atom. The van der Waals surface area contributed by atoms with Gasteiger partial charge in [-0.3, -0.25) is 15.1 Å². The first kappa shape index (κ1) is 14.8. The minimum absolute atomic E-state index is 0.00303. The summed E-state index contributed by atoms with van der Waals surface area (Å²) in [5.74, 6) is -0.142. The van der Waals surface area contributed by atoms with Gasteiger partial charge in [0.1, 0.15) is 5.71 Å². The van der Waals surface area contributed by atoms with E-state index in [2.05, 4.69) is 10.5 Å². The molecule has 4 rings (SSSR count). The van der Waals surface area contributed by atoms with Crippen LogP contribution >= 0.6 is 11.8 Å². The predicted octanol–water partition coefficient (Wildman–Crippen LogP) is 2.65. The molecule has 120 valence electrons. The van der Waals surface area contributed by atoms with E-state index >= 15 is 0 Å². The molecule has 0 bridgehead atoms. The molecule has 0 fully saturated rings. The van der Waals surface area contributed by atoms with Crippen molar-refractivity contribution < 1.29 is 9.90 Å². The zero-order valence-electron chi connectivity index (χ0n) is 12.6. The first-order valence-electron chi connectivity index (χ1n) is 7.43. The molecule has 0 aromatic heterocycles. The van der Waals surface area contributed by atoms with Crippen LogP contribution in [0.3, 0.4) is 0 Å². The van der Waals surface area contributed by atoms with Crippen LogP contribution in [0.25, 0.3) is 0 Å². The molecule has 2 aliphatic heterocycles. The second kappa shape index (κ2) is 6.01. The number of fused-ring (bicyclic) bond motifs is 3. The highest BCUT2D eigenvalue weighted by Crippen LogP contribution is 2.38. The molecule has 1 atom stereocenters. The van der Waals surface area contributed by atoms with Gasteiger partial charge in [0.05, 0.1) is 17.1 Å². The summed E-state index contributed by atoms with van der Waals surface area (Å²) in [5.41, 5.74) is 6.27. The molecule has 0 radical (unpaired) electrons. The summed E-state index contributed by atoms with van der Waals surface area (Å²) < 4.78 is 0. The SMILES string of the molecule is O=C(O)CSC1NN=C2C(c3ccccc3)=Nc3ccccc3N21. The summed E-state index contributed by atoms with van der Waals surface area (Å²) in [7, 11) is 0. The van der Waals surface area contributed by atoms with Gasteiger partial charge in [0, 0.05) is 5.56 Å². The van der Waals surface area contributed by atoms with Gasteiger partial charge in [-0.25, -0.2) is 4.99 Å². The Kier molecular flexibility index (Phi) is 3.70. The zero-order chi connectivity index (χ0) is 16.5. The summed E-state index contributed by atoms with van der Waals surface area (Å²) in [4.78, 5) is 17.7. The number of anilines is 1. The Morgan fingerprint density at radius 3 is 2.71 bits per heavy atom. The highest BCUT2D eigenvalue weighted by atomic mass is 32.2. The summed E-state index contributed by atoms with van der Waals surface area (Å²) >= 11 is 1.28. The lowest BCUT2D eigenvalue weighted by molar-refractivity contribution is -0.133. The molecule has 2 aromatic rings. The molecule has 7 heteroatoms. The summed E-state index contributed by atoms with van der Waals surface area (Å²) in [6, 6.07) is 17.7. The molecule has 2 aromatic carbocycles. The van der Waals surface area contributed by atoms with Crippen LogP contribution in [0.1, 0.15) is 5.56 Å². The maximum Gasteiger partial charge on any atom is 0.313 e. The van der Waals surface area contributed by atoms with Crippen LogP contribution in [-0.4, -0.2) is 33.9 Å². The van der Waals surface area contributed by atoms with E-state index in [0.717, 1.165) is 22.6 Å². The third-order valence-corrected chi connectivity index (χ3v) is 4.79. The average Bonchev–Trinajstić information content (AvgIpc) is 3.04. The van der Waals surface area contributed by atoms with Gasteiger partial charge in [0.15, 0.2) is 11.3 Å². The lowest BCUT2D eigenvalue weighted by Gasteiger charge is -2.31. The number of aliphatic carboxylic acids is 1. The molecule has 0 amide bonds. The number of hydrogen-bond donors (Lipinski definition) is 2. The van der Waals surface area contributed by atoms with E-state index < -0.39 is 5.97 Å². The van der Waals surface area contributed by atoms with E-state index in [1.807, 2.05) is 59.5 Å². The smallest absolute Gasteiger partial charge is 0.313 e. The van der Waals surface area contributed by atoms with Crippen LogP contribution < -0.4 is 10.3 Å². The number of carbonyl (C=O) groups is 1. The average molecular weight is 338 g/mol. The minimum Gasteiger partial charge on any atom is -0.481 e. The Labute approximate surface area is 142 Å². The number of amidine groups is 1. The molecular formula is C17H14N4O2S. The van der Waals surface area contributed by atoms with Crippen LogP contribution in [0, 0.1) is 0 Å². The number of aliphatic imine (C=N–C) groups is 1. The van der Waals surface area contributed by atoms with Crippen molar-refractivity contribution in [1.29, 1.82) is 0 Å². The number of para-hydroxylation sites is 2. The van der Waals surface area contributed by atoms with Gasteiger partial charge in [0.2, 0.25) is 0 Å². The lowest BCUT2D eigenvalue weighted by Crippen LogP contribution is -2.43. The zero-order valence-corrected chi connectivity index (χ0v) is 13.4. The monoisotopic (exact) mass is 338 g/mol. The Hall–Kier alpha value is -2.80. The van der Waals surface area contributed by atoms with E-state index in [0.29, 0.717) is 5.84 Å². The second-order valence-corrected chi connectivity index (χ2v) is 6.38. The molecule has 0 saturated carbocycles. The van der Waals surface area contributed by atoms with Crippen molar-refractivity contribution in [1.82, 2.24) is 5.43 Å². The van der Waals surface area contributed by atoms with E-state index in [1.165, 1.54) is 11.8 Å². The number of hydrogen-bond acceptors (Lipinski definition) is 6. The molecule has 1 unspecified atom stereocenters. The largest absolute Gasteiger partial charge is 0.481 e. The maximum atomic E-state index is 10.9. The number of rotatable bonds is 4. The normalized spacial score (nSPS) is 18.2. The molecule has 2 heterocycles. The molecule has 6 nitrogen and oxygen atoms in total. The van der Waals surface area contributed by atoms with Crippen LogP contribution in [0.5, 0.6) is 0 Å². The topological polar surface area (TPSA) is 77.3 Å². The molecule has 0 spiro atoms. The van der Waals surface area contributed by atoms with Gasteiger partial charge >= 0.3 is 5.97 Å². The Balaban J connectivity index is 1.77. The summed E-state index contributed by atoms with van der Waals surface area (Å²) in [5, 5.41) is 13.4. The lowest BCUT2D eigenvalue weighted by atomic mass is 10.1. The van der Waals surface area contributed by atoms with Crippen molar-refractivity contribution in [3.63, 3.8) is 0 Å². The summed E-state index contributed by atoms with van der Waals surface area (Å²) in [6.07, 6.45) is 0. The fourth-order valence-corrected chi connectivity index (χ4v) is 3.52. The van der Waals surface area contributed by atoms with Crippen molar-refractivity contribution in [2.75, 3.05) is 10.7 Å². The molecule has 24 heavy (non-hydrogen) atoms. The number of thioether (sulfide) groups is 1. The third kappa shape index (κ3) is 2.52. The second-order valence-electron chi connectivity index (χ2n) is 5.31. The number of nitrogens with zero attached hydrogens (tertiary/aromatic N) is 3. The van der Waals surface area contributed by atoms with Gasteiger partial charge in [0.25, 0.3) is 0 Å². The molecular weight excluding hydrogens is 324 g/mol. The van der Waals surface area contributed by atoms with Crippen LogP contribution in [0.15, 0.2) is 64.7 Å². The standard InChI is InChI=1S/C17H14N4O2S/c22-14(23)10-24-17-20-19-16-15(11-6-2-1-3-7-11)18-12-8-4-5-9-13(12)21(16)17/h1-9,17,20H,10H2,(H,22,23). The van der Waals surface area contributed by atoms with Crippen molar-refractivity contribution >= 4 is 40.7 Å². The van der Waals surface area contributed by atoms with Gasteiger partial charge in [-0.2, -0.15) is 5.10 Å². The number of nitrogens with one attached hydrogen (secondary N) is 1. The van der Waals surface area contributed by atoms with E-state index in [-0.39, 0.29) is 11.3 Å². The number of carboxylic acid groups (broad SMARTS) is 1. The highest BCUT2D eigenvalue weighted by Gasteiger charge is 2.37. The van der Waals surface area contributed by atoms with Crippen LogP contribution in [-0.2, 0) is 4.79 Å². The third-order valence-electron chi connectivity index (χ3n) is 3.74. The number of carboxylic acids is 1. The maximum absolute atomic E-state index is 10.9. The Morgan fingerprint density at radius 2 is 1.92 bits per heavy atom. The fraction of sp³-hybridized carbons (Fsp3) is 0.118. The molecule has 2 N–H and O–H groups in total. The van der Waals surface area contributed by atoms with E-state index in [9.17, 15) is 4.79 Å². The van der Waals surface area contributed by atoms with Crippen LogP contribution in [0.4, 0.5) is 11.4 Å². The number of benzene rings is 2. The van der Waals surface area contributed by atoms with E-state index in [1.54, 1.807) is 0 Å². The molecule has 2 aliphatic rings. The summed E-state index contributed by atoms with van der Waals surface area (Å²) in [6.45, 7) is 0. The Bertz CT molecular complexity index is 851. The van der Waals surface area contributed by atoms with Gasteiger partial charge in [-0.05, 0) is 12.1 Å². The first-order chi connectivity index (χ1) is 11.7. The van der Waals surface area contributed by atoms with Crippen LogP contribution in [0.2, 0.25) is 0 Å². The quantitative estimate of drug-likeness (QED) is 0.896. The van der Waals surface area contributed by atoms with Crippen molar-refractivity contribution in [3.05, 3.63) is 60.2 Å². The van der Waals surface area contributed by atoms with Crippen molar-refractivity contribution in [3.8, 4) is 0 Å². The fourth-order valence-electron chi connectivity index (χ4n) is 2.73. The van der Waals surface area contributed by atoms with Gasteiger partial charge in [-0.15, -0.1) is 11.8 Å². The minimum atomic E-state index is -0.850.